The van der Waals surface area contributed by atoms with Crippen LogP contribution in [0.4, 0.5) is 5.69 Å². The molecule has 2 aromatic rings. The summed E-state index contributed by atoms with van der Waals surface area (Å²) in [6.45, 7) is -0.265. The normalized spacial score (nSPS) is 11.4. The molecule has 22 heavy (non-hydrogen) atoms. The maximum Gasteiger partial charge on any atom is 0.239 e. The standard InChI is InChI=1S/C14H16N4O3S/c1-18(22(2,20)21)10-13(19)17-12-8-15-14(16-9-12)11-6-4-3-5-7-11/h3-9H,10H2,1-2H3,(H,17,19). The maximum atomic E-state index is 11.8. The highest BCUT2D eigenvalue weighted by atomic mass is 32.2. The Balaban J connectivity index is 2.01. The van der Waals surface area contributed by atoms with Crippen molar-refractivity contribution >= 4 is 21.6 Å². The number of aromatic nitrogens is 2. The number of sulfonamides is 1. The number of nitrogens with zero attached hydrogens (tertiary/aromatic N) is 3. The molecule has 0 radical (unpaired) electrons. The van der Waals surface area contributed by atoms with Crippen LogP contribution in [0.25, 0.3) is 11.4 Å². The molecule has 0 fully saturated rings. The summed E-state index contributed by atoms with van der Waals surface area (Å²) in [5.41, 5.74) is 1.28. The summed E-state index contributed by atoms with van der Waals surface area (Å²) in [5.74, 6) is 0.0934. The fourth-order valence-electron chi connectivity index (χ4n) is 1.65. The highest BCUT2D eigenvalue weighted by molar-refractivity contribution is 7.88. The quantitative estimate of drug-likeness (QED) is 0.886. The first kappa shape index (κ1) is 16.1. The van der Waals surface area contributed by atoms with Gasteiger partial charge in [0.15, 0.2) is 5.82 Å². The number of nitrogens with one attached hydrogen (secondary N) is 1. The molecular formula is C14H16N4O3S. The van der Waals surface area contributed by atoms with E-state index in [2.05, 4.69) is 15.3 Å². The van der Waals surface area contributed by atoms with Gasteiger partial charge in [0.05, 0.1) is 30.9 Å². The Morgan fingerprint density at radius 3 is 2.32 bits per heavy atom. The summed E-state index contributed by atoms with van der Waals surface area (Å²) in [5, 5.41) is 2.55. The van der Waals surface area contributed by atoms with E-state index < -0.39 is 15.9 Å². The number of anilines is 1. The van der Waals surface area contributed by atoms with Crippen molar-refractivity contribution in [1.82, 2.24) is 14.3 Å². The van der Waals surface area contributed by atoms with E-state index in [1.807, 2.05) is 30.3 Å². The van der Waals surface area contributed by atoms with Gasteiger partial charge in [-0.25, -0.2) is 18.4 Å². The molecule has 0 aliphatic carbocycles. The molecular weight excluding hydrogens is 304 g/mol. The average molecular weight is 320 g/mol. The minimum atomic E-state index is -3.39. The summed E-state index contributed by atoms with van der Waals surface area (Å²) in [6, 6.07) is 9.44. The second kappa shape index (κ2) is 6.63. The van der Waals surface area contributed by atoms with Crippen molar-refractivity contribution in [3.8, 4) is 11.4 Å². The Labute approximate surface area is 129 Å². The van der Waals surface area contributed by atoms with E-state index in [0.717, 1.165) is 16.1 Å². The lowest BCUT2D eigenvalue weighted by atomic mass is 10.2. The monoisotopic (exact) mass is 320 g/mol. The van der Waals surface area contributed by atoms with Crippen molar-refractivity contribution in [2.75, 3.05) is 25.2 Å². The van der Waals surface area contributed by atoms with Gasteiger partial charge in [0.2, 0.25) is 15.9 Å². The summed E-state index contributed by atoms with van der Waals surface area (Å²) < 4.78 is 23.4. The van der Waals surface area contributed by atoms with Gasteiger partial charge >= 0.3 is 0 Å². The molecule has 1 heterocycles. The minimum absolute atomic E-state index is 0.265. The molecule has 0 atom stereocenters. The fraction of sp³-hybridized carbons (Fsp3) is 0.214. The lowest BCUT2D eigenvalue weighted by Gasteiger charge is -2.13. The van der Waals surface area contributed by atoms with Gasteiger partial charge in [-0.05, 0) is 0 Å². The number of hydrogen-bond acceptors (Lipinski definition) is 5. The Kier molecular flexibility index (Phi) is 4.84. The minimum Gasteiger partial charge on any atom is -0.322 e. The van der Waals surface area contributed by atoms with E-state index >= 15 is 0 Å². The van der Waals surface area contributed by atoms with Crippen molar-refractivity contribution in [1.29, 1.82) is 0 Å². The predicted octanol–water partition coefficient (Wildman–Crippen LogP) is 0.973. The number of amides is 1. The third-order valence-electron chi connectivity index (χ3n) is 2.90. The van der Waals surface area contributed by atoms with E-state index in [1.54, 1.807) is 0 Å². The Hall–Kier alpha value is -2.32. The lowest BCUT2D eigenvalue weighted by molar-refractivity contribution is -0.116. The van der Waals surface area contributed by atoms with Crippen molar-refractivity contribution in [3.05, 3.63) is 42.7 Å². The van der Waals surface area contributed by atoms with Crippen LogP contribution in [0, 0.1) is 0 Å². The smallest absolute Gasteiger partial charge is 0.239 e. The molecule has 0 spiro atoms. The molecule has 7 nitrogen and oxygen atoms in total. The van der Waals surface area contributed by atoms with Crippen LogP contribution in [0.3, 0.4) is 0 Å². The van der Waals surface area contributed by atoms with Gasteiger partial charge in [0.1, 0.15) is 0 Å². The van der Waals surface area contributed by atoms with Crippen molar-refractivity contribution < 1.29 is 13.2 Å². The highest BCUT2D eigenvalue weighted by Gasteiger charge is 2.15. The van der Waals surface area contributed by atoms with Crippen LogP contribution in [-0.2, 0) is 14.8 Å². The topological polar surface area (TPSA) is 92.3 Å². The van der Waals surface area contributed by atoms with Gasteiger partial charge in [-0.1, -0.05) is 30.3 Å². The Morgan fingerprint density at radius 1 is 1.18 bits per heavy atom. The van der Waals surface area contributed by atoms with Gasteiger partial charge in [-0.3, -0.25) is 4.79 Å². The van der Waals surface area contributed by atoms with E-state index in [0.29, 0.717) is 11.5 Å². The summed E-state index contributed by atoms with van der Waals surface area (Å²) in [6.07, 6.45) is 4.00. The molecule has 1 aromatic carbocycles. The lowest BCUT2D eigenvalue weighted by Crippen LogP contribution is -2.34. The van der Waals surface area contributed by atoms with Crippen LogP contribution in [0.1, 0.15) is 0 Å². The average Bonchev–Trinajstić information content (AvgIpc) is 2.48. The second-order valence-electron chi connectivity index (χ2n) is 4.73. The maximum absolute atomic E-state index is 11.8. The SMILES string of the molecule is CN(CC(=O)Nc1cnc(-c2ccccc2)nc1)S(C)(=O)=O. The molecule has 1 aromatic heterocycles. The molecule has 8 heteroatoms. The summed E-state index contributed by atoms with van der Waals surface area (Å²) in [7, 11) is -2.05. The number of carbonyl (C=O) groups is 1. The number of hydrogen-bond donors (Lipinski definition) is 1. The van der Waals surface area contributed by atoms with Crippen LogP contribution in [0.15, 0.2) is 42.7 Å². The molecule has 0 unspecified atom stereocenters. The van der Waals surface area contributed by atoms with Gasteiger partial charge < -0.3 is 5.32 Å². The zero-order valence-corrected chi connectivity index (χ0v) is 13.0. The number of rotatable bonds is 5. The van der Waals surface area contributed by atoms with Gasteiger partial charge in [-0.15, -0.1) is 0 Å². The Morgan fingerprint density at radius 2 is 1.77 bits per heavy atom. The number of carbonyl (C=O) groups excluding carboxylic acids is 1. The molecule has 0 aliphatic rings. The first-order valence-corrected chi connectivity index (χ1v) is 8.30. The third kappa shape index (κ3) is 4.34. The predicted molar refractivity (Wildman–Crippen MR) is 83.6 cm³/mol. The van der Waals surface area contributed by atoms with Crippen molar-refractivity contribution in [2.45, 2.75) is 0 Å². The largest absolute Gasteiger partial charge is 0.322 e. The van der Waals surface area contributed by atoms with E-state index in [9.17, 15) is 13.2 Å². The molecule has 0 aliphatic heterocycles. The van der Waals surface area contributed by atoms with Crippen LogP contribution in [0.5, 0.6) is 0 Å². The molecule has 0 saturated carbocycles. The van der Waals surface area contributed by atoms with Gasteiger partial charge in [0, 0.05) is 12.6 Å². The molecule has 2 rings (SSSR count). The molecule has 0 bridgehead atoms. The highest BCUT2D eigenvalue weighted by Crippen LogP contribution is 2.14. The second-order valence-corrected chi connectivity index (χ2v) is 6.82. The molecule has 116 valence electrons. The van der Waals surface area contributed by atoms with Gasteiger partial charge in [0.25, 0.3) is 0 Å². The van der Waals surface area contributed by atoms with E-state index in [1.165, 1.54) is 19.4 Å². The Bertz CT molecular complexity index is 745. The number of benzene rings is 1. The van der Waals surface area contributed by atoms with Crippen LogP contribution >= 0.6 is 0 Å². The van der Waals surface area contributed by atoms with E-state index in [4.69, 9.17) is 0 Å². The van der Waals surface area contributed by atoms with Crippen LogP contribution in [-0.4, -0.2) is 48.4 Å². The first-order valence-electron chi connectivity index (χ1n) is 6.45. The molecule has 1 amide bonds. The zero-order chi connectivity index (χ0) is 16.2. The van der Waals surface area contributed by atoms with Crippen LogP contribution < -0.4 is 5.32 Å². The van der Waals surface area contributed by atoms with Gasteiger partial charge in [-0.2, -0.15) is 4.31 Å². The summed E-state index contributed by atoms with van der Waals surface area (Å²) in [4.78, 5) is 20.1. The first-order chi connectivity index (χ1) is 10.4. The van der Waals surface area contributed by atoms with E-state index in [-0.39, 0.29) is 6.54 Å². The van der Waals surface area contributed by atoms with Crippen molar-refractivity contribution in [3.63, 3.8) is 0 Å². The number of likely N-dealkylation sites (N-methyl/N-ethyl adjacent to an activating group) is 1. The summed E-state index contributed by atoms with van der Waals surface area (Å²) >= 11 is 0. The molecule has 1 N–H and O–H groups in total. The van der Waals surface area contributed by atoms with Crippen LogP contribution in [0.2, 0.25) is 0 Å². The third-order valence-corrected chi connectivity index (χ3v) is 4.16. The molecule has 0 saturated heterocycles. The zero-order valence-electron chi connectivity index (χ0n) is 12.2. The van der Waals surface area contributed by atoms with Crippen molar-refractivity contribution in [2.24, 2.45) is 0 Å². The fourth-order valence-corrected chi connectivity index (χ4v) is 2.00.